The molecule has 2 heteroatoms. The topological polar surface area (TPSA) is 24.7 Å². The Morgan fingerprint density at radius 2 is 1.10 bits per heavy atom. The number of allylic oxidation sites excluding steroid dienone is 16. The second-order valence-electron chi connectivity index (χ2n) is 6.41. The van der Waals surface area contributed by atoms with Crippen LogP contribution in [0.3, 0.4) is 0 Å². The van der Waals surface area contributed by atoms with Crippen molar-refractivity contribution in [2.24, 2.45) is 9.98 Å². The Hall–Kier alpha value is -3.52. The van der Waals surface area contributed by atoms with E-state index in [4.69, 9.17) is 0 Å². The maximum atomic E-state index is 4.48. The minimum absolute atomic E-state index is 0.744. The van der Waals surface area contributed by atoms with Crippen LogP contribution in [0.1, 0.15) is 27.7 Å². The van der Waals surface area contributed by atoms with Crippen molar-refractivity contribution < 1.29 is 0 Å². The standard InChI is InChI=1S/C28H34N2/c1-9-14-24(7)15-18-26(11-3)22-30-28(13-5)20-17-25(8)21-29-27(12-4)19-16-23(6)10-2/h9-22H,2-5H2,1,6-8H3/b14-9-,23-16-,24-15-,25-17+,26-18+,27-19+,28-20+,29-21+,30-22+. The highest BCUT2D eigenvalue weighted by Gasteiger charge is 1.90. The molecule has 0 N–H and O–H groups in total. The Labute approximate surface area is 183 Å². The normalized spacial score (nSPS) is 15.3. The molecule has 0 aliphatic heterocycles. The summed E-state index contributed by atoms with van der Waals surface area (Å²) in [5.41, 5.74) is 5.63. The zero-order valence-corrected chi connectivity index (χ0v) is 18.8. The summed E-state index contributed by atoms with van der Waals surface area (Å²) in [6, 6.07) is 0. The lowest BCUT2D eigenvalue weighted by atomic mass is 10.2. The fourth-order valence-corrected chi connectivity index (χ4v) is 1.91. The second kappa shape index (κ2) is 16.4. The van der Waals surface area contributed by atoms with Gasteiger partial charge in [0.15, 0.2) is 0 Å². The molecular weight excluding hydrogens is 364 g/mol. The van der Waals surface area contributed by atoms with Crippen LogP contribution in [0, 0.1) is 0 Å². The lowest BCUT2D eigenvalue weighted by Crippen LogP contribution is -1.82. The minimum atomic E-state index is 0.744. The molecule has 156 valence electrons. The van der Waals surface area contributed by atoms with Gasteiger partial charge in [-0.05, 0) is 63.1 Å². The van der Waals surface area contributed by atoms with Crippen LogP contribution in [0.4, 0.5) is 0 Å². The van der Waals surface area contributed by atoms with Gasteiger partial charge in [0.05, 0.1) is 11.4 Å². The quantitative estimate of drug-likeness (QED) is 0.235. The van der Waals surface area contributed by atoms with Crippen LogP contribution in [0.2, 0.25) is 0 Å². The van der Waals surface area contributed by atoms with Crippen molar-refractivity contribution in [3.8, 4) is 0 Å². The molecule has 0 radical (unpaired) electrons. The van der Waals surface area contributed by atoms with Gasteiger partial charge in [-0.1, -0.05) is 86.1 Å². The van der Waals surface area contributed by atoms with Crippen LogP contribution < -0.4 is 0 Å². The molecule has 0 spiro atoms. The van der Waals surface area contributed by atoms with Gasteiger partial charge in [0.25, 0.3) is 0 Å². The molecule has 0 saturated carbocycles. The van der Waals surface area contributed by atoms with Gasteiger partial charge in [0.2, 0.25) is 0 Å². The van der Waals surface area contributed by atoms with E-state index < -0.39 is 0 Å². The summed E-state index contributed by atoms with van der Waals surface area (Å²) in [5, 5.41) is 0. The maximum absolute atomic E-state index is 4.48. The Morgan fingerprint density at radius 3 is 1.60 bits per heavy atom. The molecule has 0 aromatic carbocycles. The van der Waals surface area contributed by atoms with Gasteiger partial charge in [-0.2, -0.15) is 0 Å². The van der Waals surface area contributed by atoms with Crippen LogP contribution in [-0.4, -0.2) is 12.4 Å². The molecule has 0 heterocycles. The first-order chi connectivity index (χ1) is 14.4. The number of aliphatic imine (C=N–C) groups is 2. The van der Waals surface area contributed by atoms with E-state index in [1.54, 1.807) is 36.7 Å². The molecule has 0 atom stereocenters. The molecule has 0 unspecified atom stereocenters. The summed E-state index contributed by atoms with van der Waals surface area (Å²) in [7, 11) is 0. The van der Waals surface area contributed by atoms with E-state index in [1.807, 2.05) is 76.3 Å². The highest BCUT2D eigenvalue weighted by Crippen LogP contribution is 2.05. The first kappa shape index (κ1) is 26.5. The summed E-state index contributed by atoms with van der Waals surface area (Å²) in [5.74, 6) is 0. The van der Waals surface area contributed by atoms with E-state index in [1.165, 1.54) is 0 Å². The van der Waals surface area contributed by atoms with E-state index in [0.29, 0.717) is 0 Å². The number of rotatable bonds is 12. The van der Waals surface area contributed by atoms with Gasteiger partial charge < -0.3 is 0 Å². The van der Waals surface area contributed by atoms with Crippen LogP contribution in [0.15, 0.2) is 143 Å². The third-order valence-electron chi connectivity index (χ3n) is 3.76. The van der Waals surface area contributed by atoms with Crippen molar-refractivity contribution in [3.05, 3.63) is 133 Å². The third kappa shape index (κ3) is 12.8. The molecule has 0 aromatic rings. The average molecular weight is 399 g/mol. The predicted molar refractivity (Wildman–Crippen MR) is 138 cm³/mol. The first-order valence-electron chi connectivity index (χ1n) is 9.76. The van der Waals surface area contributed by atoms with Crippen LogP contribution in [-0.2, 0) is 0 Å². The largest absolute Gasteiger partial charge is 0.257 e. The molecule has 0 aromatic heterocycles. The summed E-state index contributed by atoms with van der Waals surface area (Å²) in [6.07, 6.45) is 26.3. The molecule has 0 bridgehead atoms. The van der Waals surface area contributed by atoms with E-state index in [9.17, 15) is 0 Å². The van der Waals surface area contributed by atoms with Gasteiger partial charge in [0.1, 0.15) is 0 Å². The highest BCUT2D eigenvalue weighted by molar-refractivity contribution is 5.83. The van der Waals surface area contributed by atoms with E-state index in [0.717, 1.165) is 33.7 Å². The van der Waals surface area contributed by atoms with E-state index in [2.05, 4.69) is 36.3 Å². The fourth-order valence-electron chi connectivity index (χ4n) is 1.91. The average Bonchev–Trinajstić information content (AvgIpc) is 2.75. The molecule has 2 nitrogen and oxygen atoms in total. The zero-order chi connectivity index (χ0) is 22.8. The van der Waals surface area contributed by atoms with E-state index in [-0.39, 0.29) is 0 Å². The monoisotopic (exact) mass is 398 g/mol. The van der Waals surface area contributed by atoms with Crippen LogP contribution in [0.5, 0.6) is 0 Å². The Morgan fingerprint density at radius 1 is 0.567 bits per heavy atom. The van der Waals surface area contributed by atoms with Gasteiger partial charge >= 0.3 is 0 Å². The lowest BCUT2D eigenvalue weighted by Gasteiger charge is -1.96. The SMILES string of the molecule is C=C\C(C)=C/C=C(C=C)/N=C/C(C)=C/C=C(C=C)/N=C/C(C=C)=C/C=C(C)\C=C/C. The summed E-state index contributed by atoms with van der Waals surface area (Å²) in [4.78, 5) is 8.91. The predicted octanol–water partition coefficient (Wildman–Crippen LogP) is 7.98. The van der Waals surface area contributed by atoms with Crippen LogP contribution in [0.25, 0.3) is 0 Å². The number of hydrogen-bond donors (Lipinski definition) is 0. The van der Waals surface area contributed by atoms with Gasteiger partial charge in [-0.15, -0.1) is 0 Å². The second-order valence-corrected chi connectivity index (χ2v) is 6.41. The molecule has 30 heavy (non-hydrogen) atoms. The van der Waals surface area contributed by atoms with Crippen molar-refractivity contribution in [2.75, 3.05) is 0 Å². The molecule has 0 aliphatic rings. The third-order valence-corrected chi connectivity index (χ3v) is 3.76. The van der Waals surface area contributed by atoms with Crippen molar-refractivity contribution in [3.63, 3.8) is 0 Å². The van der Waals surface area contributed by atoms with Crippen molar-refractivity contribution in [2.45, 2.75) is 27.7 Å². The zero-order valence-electron chi connectivity index (χ0n) is 18.8. The molecule has 0 fully saturated rings. The summed E-state index contributed by atoms with van der Waals surface area (Å²) >= 11 is 0. The van der Waals surface area contributed by atoms with Crippen molar-refractivity contribution in [1.29, 1.82) is 0 Å². The minimum Gasteiger partial charge on any atom is -0.257 e. The van der Waals surface area contributed by atoms with Crippen LogP contribution >= 0.6 is 0 Å². The lowest BCUT2D eigenvalue weighted by molar-refractivity contribution is 1.39. The van der Waals surface area contributed by atoms with Gasteiger partial charge in [0, 0.05) is 12.4 Å². The summed E-state index contributed by atoms with van der Waals surface area (Å²) < 4.78 is 0. The summed E-state index contributed by atoms with van der Waals surface area (Å²) in [6.45, 7) is 23.2. The fraction of sp³-hybridized carbons (Fsp3) is 0.143. The molecular formula is C28H34N2. The molecule has 0 aliphatic carbocycles. The number of nitrogens with zero attached hydrogens (tertiary/aromatic N) is 2. The molecule has 0 rings (SSSR count). The van der Waals surface area contributed by atoms with Gasteiger partial charge in [-0.3, -0.25) is 9.98 Å². The Bertz CT molecular complexity index is 889. The smallest absolute Gasteiger partial charge is 0.0624 e. The molecule has 0 saturated heterocycles. The van der Waals surface area contributed by atoms with E-state index >= 15 is 0 Å². The highest BCUT2D eigenvalue weighted by atomic mass is 14.7. The van der Waals surface area contributed by atoms with Gasteiger partial charge in [-0.25, -0.2) is 0 Å². The Kier molecular flexibility index (Phi) is 14.5. The number of hydrogen-bond acceptors (Lipinski definition) is 2. The maximum Gasteiger partial charge on any atom is 0.0624 e. The first-order valence-corrected chi connectivity index (χ1v) is 9.76. The molecule has 0 amide bonds. The van der Waals surface area contributed by atoms with Crippen molar-refractivity contribution in [1.82, 2.24) is 0 Å². The Balaban J connectivity index is 5.41. The van der Waals surface area contributed by atoms with Crippen molar-refractivity contribution >= 4 is 12.4 Å².